The lowest BCUT2D eigenvalue weighted by Gasteiger charge is -2.17. The van der Waals surface area contributed by atoms with Gasteiger partial charge in [-0.3, -0.25) is 9.78 Å². The Balaban J connectivity index is 1.95. The van der Waals surface area contributed by atoms with Gasteiger partial charge in [0, 0.05) is 23.5 Å². The number of aryl methyl sites for hydroxylation is 1. The van der Waals surface area contributed by atoms with Crippen molar-refractivity contribution in [2.45, 2.75) is 13.3 Å². The van der Waals surface area contributed by atoms with Crippen LogP contribution in [0.1, 0.15) is 21.6 Å². The zero-order chi connectivity index (χ0) is 13.4. The number of halogens is 1. The summed E-state index contributed by atoms with van der Waals surface area (Å²) in [5, 5.41) is 0.529. The van der Waals surface area contributed by atoms with Gasteiger partial charge in [0.25, 0.3) is 5.91 Å². The first-order chi connectivity index (χ1) is 9.15. The van der Waals surface area contributed by atoms with Gasteiger partial charge in [-0.15, -0.1) is 0 Å². The van der Waals surface area contributed by atoms with Gasteiger partial charge in [-0.05, 0) is 37.1 Å². The van der Waals surface area contributed by atoms with Crippen molar-refractivity contribution in [1.29, 1.82) is 0 Å². The summed E-state index contributed by atoms with van der Waals surface area (Å²) in [4.78, 5) is 18.3. The van der Waals surface area contributed by atoms with Crippen LogP contribution in [0.15, 0.2) is 36.5 Å². The average Bonchev–Trinajstić information content (AvgIpc) is 2.80. The zero-order valence-electron chi connectivity index (χ0n) is 10.6. The van der Waals surface area contributed by atoms with Gasteiger partial charge in [-0.2, -0.15) is 0 Å². The predicted octanol–water partition coefficient (Wildman–Crippen LogP) is 3.25. The molecule has 0 unspecified atom stereocenters. The Bertz CT molecular complexity index is 654. The van der Waals surface area contributed by atoms with E-state index in [1.54, 1.807) is 23.2 Å². The molecule has 1 aromatic carbocycles. The summed E-state index contributed by atoms with van der Waals surface area (Å²) in [6.45, 7) is 2.76. The Morgan fingerprint density at radius 1 is 1.32 bits per heavy atom. The molecule has 0 saturated heterocycles. The van der Waals surface area contributed by atoms with E-state index < -0.39 is 0 Å². The summed E-state index contributed by atoms with van der Waals surface area (Å²) in [5.41, 5.74) is 3.81. The normalized spacial score (nSPS) is 13.5. The van der Waals surface area contributed by atoms with E-state index in [9.17, 15) is 4.79 Å². The van der Waals surface area contributed by atoms with E-state index in [0.29, 0.717) is 17.3 Å². The molecule has 0 N–H and O–H groups in total. The maximum Gasteiger partial charge on any atom is 0.276 e. The van der Waals surface area contributed by atoms with E-state index in [4.69, 9.17) is 11.6 Å². The van der Waals surface area contributed by atoms with Crippen molar-refractivity contribution < 1.29 is 4.79 Å². The maximum atomic E-state index is 12.5. The zero-order valence-corrected chi connectivity index (χ0v) is 11.3. The lowest BCUT2D eigenvalue weighted by molar-refractivity contribution is 0.0984. The first-order valence-corrected chi connectivity index (χ1v) is 6.56. The fourth-order valence-corrected chi connectivity index (χ4v) is 2.56. The Morgan fingerprint density at radius 2 is 2.16 bits per heavy atom. The Kier molecular flexibility index (Phi) is 2.99. The smallest absolute Gasteiger partial charge is 0.276 e. The van der Waals surface area contributed by atoms with Crippen LogP contribution >= 0.6 is 11.6 Å². The minimum Gasteiger partial charge on any atom is -0.306 e. The summed E-state index contributed by atoms with van der Waals surface area (Å²) in [5.74, 6) is -0.0925. The average molecular weight is 273 g/mol. The van der Waals surface area contributed by atoms with Crippen LogP contribution in [0, 0.1) is 6.92 Å². The highest BCUT2D eigenvalue weighted by Gasteiger charge is 2.26. The van der Waals surface area contributed by atoms with Crippen LogP contribution in [0.25, 0.3) is 0 Å². The minimum absolute atomic E-state index is 0.0925. The van der Waals surface area contributed by atoms with Crippen molar-refractivity contribution in [3.8, 4) is 0 Å². The van der Waals surface area contributed by atoms with Gasteiger partial charge in [-0.25, -0.2) is 0 Å². The highest BCUT2D eigenvalue weighted by atomic mass is 35.5. The third kappa shape index (κ3) is 2.22. The van der Waals surface area contributed by atoms with Crippen LogP contribution in [-0.2, 0) is 6.42 Å². The largest absolute Gasteiger partial charge is 0.306 e. The van der Waals surface area contributed by atoms with E-state index in [1.165, 1.54) is 11.1 Å². The van der Waals surface area contributed by atoms with E-state index in [-0.39, 0.29) is 5.91 Å². The second-order valence-electron chi connectivity index (χ2n) is 4.70. The first kappa shape index (κ1) is 12.2. The molecule has 0 atom stereocenters. The molecule has 3 rings (SSSR count). The van der Waals surface area contributed by atoms with Crippen molar-refractivity contribution in [2.24, 2.45) is 0 Å². The van der Waals surface area contributed by atoms with Crippen molar-refractivity contribution in [3.05, 3.63) is 58.4 Å². The Labute approximate surface area is 116 Å². The van der Waals surface area contributed by atoms with Gasteiger partial charge in [0.15, 0.2) is 0 Å². The number of amides is 1. The molecule has 4 heteroatoms. The number of pyridine rings is 1. The van der Waals surface area contributed by atoms with Gasteiger partial charge in [-0.1, -0.05) is 29.3 Å². The third-order valence-corrected chi connectivity index (χ3v) is 3.55. The highest BCUT2D eigenvalue weighted by molar-refractivity contribution is 6.31. The number of fused-ring (bicyclic) bond motifs is 1. The molecule has 0 aliphatic carbocycles. The van der Waals surface area contributed by atoms with Crippen LogP contribution in [0.3, 0.4) is 0 Å². The van der Waals surface area contributed by atoms with Gasteiger partial charge >= 0.3 is 0 Å². The lowest BCUT2D eigenvalue weighted by Crippen LogP contribution is -2.29. The lowest BCUT2D eigenvalue weighted by atomic mass is 10.1. The minimum atomic E-state index is -0.0925. The predicted molar refractivity (Wildman–Crippen MR) is 75.8 cm³/mol. The second kappa shape index (κ2) is 4.67. The summed E-state index contributed by atoms with van der Waals surface area (Å²) in [6.07, 6.45) is 2.45. The van der Waals surface area contributed by atoms with Crippen molar-refractivity contribution in [2.75, 3.05) is 11.4 Å². The topological polar surface area (TPSA) is 33.2 Å². The number of hydrogen-bond donors (Lipinski definition) is 0. The van der Waals surface area contributed by atoms with Gasteiger partial charge in [0.05, 0.1) is 0 Å². The van der Waals surface area contributed by atoms with E-state index in [0.717, 1.165) is 12.1 Å². The number of nitrogens with zero attached hydrogens (tertiary/aromatic N) is 2. The Hall–Kier alpha value is -1.87. The molecule has 0 fully saturated rings. The fourth-order valence-electron chi connectivity index (χ4n) is 2.40. The molecule has 2 aromatic rings. The molecule has 0 radical (unpaired) electrons. The van der Waals surface area contributed by atoms with Crippen molar-refractivity contribution in [3.63, 3.8) is 0 Å². The molecular formula is C15H13ClN2O. The maximum absolute atomic E-state index is 12.5. The van der Waals surface area contributed by atoms with Crippen LogP contribution in [0.4, 0.5) is 5.69 Å². The van der Waals surface area contributed by atoms with Gasteiger partial charge < -0.3 is 4.90 Å². The summed E-state index contributed by atoms with van der Waals surface area (Å²) >= 11 is 5.91. The summed E-state index contributed by atoms with van der Waals surface area (Å²) < 4.78 is 0. The molecule has 3 nitrogen and oxygen atoms in total. The number of aromatic nitrogens is 1. The molecule has 1 aliphatic rings. The van der Waals surface area contributed by atoms with Crippen molar-refractivity contribution >= 4 is 23.2 Å². The molecule has 19 heavy (non-hydrogen) atoms. The molecule has 2 heterocycles. The van der Waals surface area contributed by atoms with Gasteiger partial charge in [0.1, 0.15) is 5.69 Å². The van der Waals surface area contributed by atoms with Crippen molar-refractivity contribution in [1.82, 2.24) is 4.98 Å². The number of carbonyl (C=O) groups is 1. The summed E-state index contributed by atoms with van der Waals surface area (Å²) in [7, 11) is 0. The van der Waals surface area contributed by atoms with Gasteiger partial charge in [0.2, 0.25) is 0 Å². The standard InChI is InChI=1S/C15H13ClN2O/c1-10-2-3-14-11(8-10)5-7-18(14)15(19)13-9-12(16)4-6-17-13/h2-4,6,8-9H,5,7H2,1H3. The molecule has 0 spiro atoms. The molecule has 1 aliphatic heterocycles. The molecular weight excluding hydrogens is 260 g/mol. The number of hydrogen-bond acceptors (Lipinski definition) is 2. The molecule has 1 aromatic heterocycles. The number of anilines is 1. The Morgan fingerprint density at radius 3 is 2.95 bits per heavy atom. The van der Waals surface area contributed by atoms with E-state index in [1.807, 2.05) is 12.1 Å². The molecule has 96 valence electrons. The molecule has 0 saturated carbocycles. The van der Waals surface area contributed by atoms with Crippen LogP contribution < -0.4 is 4.90 Å². The third-order valence-electron chi connectivity index (χ3n) is 3.32. The van der Waals surface area contributed by atoms with E-state index >= 15 is 0 Å². The highest BCUT2D eigenvalue weighted by Crippen LogP contribution is 2.29. The fraction of sp³-hybridized carbons (Fsp3) is 0.200. The summed E-state index contributed by atoms with van der Waals surface area (Å²) in [6, 6.07) is 9.43. The van der Waals surface area contributed by atoms with E-state index in [2.05, 4.69) is 18.0 Å². The van der Waals surface area contributed by atoms with Crippen LogP contribution in [-0.4, -0.2) is 17.4 Å². The van der Waals surface area contributed by atoms with Crippen LogP contribution in [0.2, 0.25) is 5.02 Å². The second-order valence-corrected chi connectivity index (χ2v) is 5.13. The monoisotopic (exact) mass is 272 g/mol. The molecule has 1 amide bonds. The molecule has 0 bridgehead atoms. The quantitative estimate of drug-likeness (QED) is 0.798. The van der Waals surface area contributed by atoms with Crippen LogP contribution in [0.5, 0.6) is 0 Å². The number of carbonyl (C=O) groups excluding carboxylic acids is 1. The SMILES string of the molecule is Cc1ccc2c(c1)CCN2C(=O)c1cc(Cl)ccn1. The first-order valence-electron chi connectivity index (χ1n) is 6.18. The number of rotatable bonds is 1. The number of benzene rings is 1.